The Bertz CT molecular complexity index is 1790. The second-order valence-corrected chi connectivity index (χ2v) is 14.9. The summed E-state index contributed by atoms with van der Waals surface area (Å²) < 4.78 is 23.8. The quantitative estimate of drug-likeness (QED) is 0.0993. The summed E-state index contributed by atoms with van der Waals surface area (Å²) in [4.78, 5) is 33.9. The van der Waals surface area contributed by atoms with Crippen molar-refractivity contribution in [3.63, 3.8) is 0 Å². The third kappa shape index (κ3) is 22.7. The van der Waals surface area contributed by atoms with Crippen LogP contribution >= 0.6 is 0 Å². The number of likely N-dealkylation sites (tertiary alicyclic amines) is 1. The van der Waals surface area contributed by atoms with Gasteiger partial charge < -0.3 is 38.8 Å². The molecule has 0 aliphatic carbocycles. The van der Waals surface area contributed by atoms with Gasteiger partial charge >= 0.3 is 0 Å². The first-order chi connectivity index (χ1) is 33.9. The number of aliphatic hydroxyl groups excluding tert-OH is 1. The van der Waals surface area contributed by atoms with E-state index >= 15 is 0 Å². The van der Waals surface area contributed by atoms with Gasteiger partial charge in [0.05, 0.1) is 50.4 Å². The number of likely N-dealkylation sites (N-methyl/N-ethyl adjacent to an activating group) is 1. The Kier molecular flexibility index (Phi) is 47.8. The summed E-state index contributed by atoms with van der Waals surface area (Å²) in [6, 6.07) is 7.00. The Morgan fingerprint density at radius 1 is 0.732 bits per heavy atom. The van der Waals surface area contributed by atoms with Gasteiger partial charge in [-0.05, 0) is 79.0 Å². The summed E-state index contributed by atoms with van der Waals surface area (Å²) in [5.74, 6) is 1.86. The molecule has 1 amide bonds. The summed E-state index contributed by atoms with van der Waals surface area (Å²) >= 11 is 0. The average molecular weight is 1000 g/mol. The molecule has 11 nitrogen and oxygen atoms in total. The molecule has 412 valence electrons. The predicted octanol–water partition coefficient (Wildman–Crippen LogP) is 16.2. The zero-order valence-corrected chi connectivity index (χ0v) is 49.2. The van der Waals surface area contributed by atoms with Crippen molar-refractivity contribution in [3.05, 3.63) is 83.2 Å². The number of carbonyl (C=O) groups excluding carboxylic acids is 2. The van der Waals surface area contributed by atoms with Gasteiger partial charge in [-0.2, -0.15) is 0 Å². The van der Waals surface area contributed by atoms with Crippen molar-refractivity contribution < 1.29 is 33.6 Å². The van der Waals surface area contributed by atoms with Gasteiger partial charge in [0.15, 0.2) is 35.5 Å². The number of amides is 1. The van der Waals surface area contributed by atoms with Crippen molar-refractivity contribution in [2.24, 2.45) is 0 Å². The lowest BCUT2D eigenvalue weighted by Gasteiger charge is -2.34. The van der Waals surface area contributed by atoms with E-state index in [1.165, 1.54) is 12.0 Å². The molecule has 3 aliphatic heterocycles. The number of fused-ring (bicyclic) bond motifs is 2. The van der Waals surface area contributed by atoms with Gasteiger partial charge in [0.25, 0.3) is 5.91 Å². The van der Waals surface area contributed by atoms with Crippen LogP contribution in [-0.2, 0) is 0 Å². The van der Waals surface area contributed by atoms with Crippen molar-refractivity contribution >= 4 is 23.6 Å². The number of unbranched alkanes of at least 4 members (excludes halogenated alkanes) is 2. The molecule has 3 unspecified atom stereocenters. The minimum atomic E-state index is -0.954. The molecule has 2 fully saturated rings. The molecular weight excluding hydrogens is 889 g/mol. The fourth-order valence-electron chi connectivity index (χ4n) is 7.54. The first-order valence-corrected chi connectivity index (χ1v) is 26.9. The number of anilines is 2. The number of hydrogen-bond donors (Lipinski definition) is 1. The Hall–Kier alpha value is -4.74. The summed E-state index contributed by atoms with van der Waals surface area (Å²) in [7, 11) is 5.25. The van der Waals surface area contributed by atoms with E-state index in [0.717, 1.165) is 55.5 Å². The lowest BCUT2D eigenvalue weighted by atomic mass is 10.1. The second-order valence-electron chi connectivity index (χ2n) is 14.9. The van der Waals surface area contributed by atoms with Crippen LogP contribution in [0, 0.1) is 0 Å². The Morgan fingerprint density at radius 3 is 1.62 bits per heavy atom. The van der Waals surface area contributed by atoms with E-state index in [1.807, 2.05) is 130 Å². The zero-order chi connectivity index (χ0) is 55.1. The van der Waals surface area contributed by atoms with Crippen molar-refractivity contribution in [2.45, 2.75) is 203 Å². The molecule has 5 rings (SSSR count). The minimum Gasteiger partial charge on any atom is -0.493 e. The van der Waals surface area contributed by atoms with Gasteiger partial charge in [0.1, 0.15) is 0 Å². The van der Waals surface area contributed by atoms with Crippen LogP contribution in [0.3, 0.4) is 0 Å². The highest BCUT2D eigenvalue weighted by Gasteiger charge is 2.44. The molecule has 2 saturated heterocycles. The largest absolute Gasteiger partial charge is 0.493 e. The lowest BCUT2D eigenvalue weighted by Crippen LogP contribution is -2.47. The number of aliphatic hydroxyl groups is 1. The van der Waals surface area contributed by atoms with Gasteiger partial charge in [-0.15, -0.1) is 0 Å². The topological polar surface area (TPSA) is 104 Å². The molecule has 11 heteroatoms. The molecule has 3 aliphatic rings. The number of benzene rings is 2. The maximum atomic E-state index is 13.8. The predicted molar refractivity (Wildman–Crippen MR) is 312 cm³/mol. The van der Waals surface area contributed by atoms with Gasteiger partial charge in [0.2, 0.25) is 0 Å². The van der Waals surface area contributed by atoms with E-state index < -0.39 is 6.23 Å². The molecule has 3 heterocycles. The van der Waals surface area contributed by atoms with Crippen LogP contribution in [0.15, 0.2) is 72.1 Å². The SMILES string of the molecule is C.C=C(C)N(CC1C/C(=C\C)CN1C)c1cc(OCCCCCOc2cc3c(cc2OC)C(=O)N2C/C(=C/C)CC2C(O)N3C(=C)C)c(OC)cc1C=O.CC.CC.CC.CC.CC.CC.CC.CCC. The highest BCUT2D eigenvalue weighted by Crippen LogP contribution is 2.43. The van der Waals surface area contributed by atoms with Gasteiger partial charge in [-0.3, -0.25) is 14.5 Å². The number of hydrogen-bond acceptors (Lipinski definition) is 10. The third-order valence-electron chi connectivity index (χ3n) is 10.6. The monoisotopic (exact) mass is 999 g/mol. The van der Waals surface area contributed by atoms with Crippen LogP contribution in [0.2, 0.25) is 0 Å². The molecule has 0 saturated carbocycles. The van der Waals surface area contributed by atoms with Crippen LogP contribution in [0.4, 0.5) is 11.4 Å². The zero-order valence-electron chi connectivity index (χ0n) is 49.2. The molecule has 0 aromatic heterocycles. The van der Waals surface area contributed by atoms with E-state index in [9.17, 15) is 14.7 Å². The average Bonchev–Trinajstić information content (AvgIpc) is 4.00. The number of rotatable bonds is 16. The summed E-state index contributed by atoms with van der Waals surface area (Å²) in [6.07, 6.45) is 9.26. The number of nitrogens with zero attached hydrogens (tertiary/aromatic N) is 4. The molecule has 2 aromatic carbocycles. The second kappa shape index (κ2) is 45.1. The standard InChI is InChI=1S/C42H56N4O7.C3H8.7C2H6.CH4/c1-10-29-17-32(43(7)23-29)25-44(27(3)4)34-21-39(37(50-8)19-31(34)26-47)52-15-13-12-14-16-53-40-22-35-33(20-38(40)51-9)41(48)45-24-30(11-2)18-36(45)42(49)46(35)28(5)6;1-3-2;7*1-2;/h10-11,19-22,26,32,36,42,49H,3,5,12-18,23-25H2,1-2,4,6-9H3;3H2,1-2H3;7*1-2H3;1H4/b29-10+,30-11+;;;;;;;;;. The van der Waals surface area contributed by atoms with Crippen molar-refractivity contribution in [1.29, 1.82) is 0 Å². The number of ether oxygens (including phenoxy) is 4. The first kappa shape index (κ1) is 75.2. The number of methoxy groups -OCH3 is 2. The van der Waals surface area contributed by atoms with Crippen LogP contribution in [0.1, 0.15) is 205 Å². The Balaban J connectivity index is -0.000000725. The molecule has 1 N–H and O–H groups in total. The van der Waals surface area contributed by atoms with E-state index in [1.54, 1.807) is 42.2 Å². The van der Waals surface area contributed by atoms with E-state index in [-0.39, 0.29) is 19.4 Å². The maximum Gasteiger partial charge on any atom is 0.256 e. The van der Waals surface area contributed by atoms with Crippen LogP contribution in [0.5, 0.6) is 23.0 Å². The number of aldehydes is 1. The van der Waals surface area contributed by atoms with Gasteiger partial charge in [-0.25, -0.2) is 0 Å². The van der Waals surface area contributed by atoms with E-state index in [2.05, 4.69) is 56.9 Å². The highest BCUT2D eigenvalue weighted by atomic mass is 16.5. The van der Waals surface area contributed by atoms with Gasteiger partial charge in [-0.1, -0.05) is 161 Å². The minimum absolute atomic E-state index is 0. The Morgan fingerprint density at radius 2 is 1.20 bits per heavy atom. The van der Waals surface area contributed by atoms with Crippen LogP contribution in [0.25, 0.3) is 0 Å². The molecule has 0 bridgehead atoms. The summed E-state index contributed by atoms with van der Waals surface area (Å²) in [6.45, 7) is 51.4. The number of allylic oxidation sites excluding steroid dienone is 4. The van der Waals surface area contributed by atoms with Gasteiger partial charge in [0, 0.05) is 54.8 Å². The maximum absolute atomic E-state index is 13.8. The van der Waals surface area contributed by atoms with Crippen LogP contribution in [-0.4, -0.2) is 99.5 Å². The number of carbonyl (C=O) groups is 2. The van der Waals surface area contributed by atoms with Crippen molar-refractivity contribution in [1.82, 2.24) is 9.80 Å². The molecule has 71 heavy (non-hydrogen) atoms. The van der Waals surface area contributed by atoms with Crippen molar-refractivity contribution in [2.75, 3.05) is 63.9 Å². The Labute approximate surface area is 438 Å². The summed E-state index contributed by atoms with van der Waals surface area (Å²) in [5, 5.41) is 11.5. The normalized spacial score (nSPS) is 16.8. The third-order valence-corrected chi connectivity index (χ3v) is 10.6. The molecular formula is C60H110N4O7. The molecule has 3 atom stereocenters. The van der Waals surface area contributed by atoms with E-state index in [0.29, 0.717) is 84.3 Å². The molecule has 0 radical (unpaired) electrons. The first-order valence-electron chi connectivity index (χ1n) is 26.9. The fourth-order valence-corrected chi connectivity index (χ4v) is 7.54. The van der Waals surface area contributed by atoms with Crippen LogP contribution < -0.4 is 28.7 Å². The molecule has 0 spiro atoms. The van der Waals surface area contributed by atoms with E-state index in [4.69, 9.17) is 18.9 Å². The smallest absolute Gasteiger partial charge is 0.256 e. The summed E-state index contributed by atoms with van der Waals surface area (Å²) in [5.41, 5.74) is 6.24. The highest BCUT2D eigenvalue weighted by molar-refractivity contribution is 6.02. The van der Waals surface area contributed by atoms with Crippen molar-refractivity contribution in [3.8, 4) is 23.0 Å². The molecule has 2 aromatic rings. The lowest BCUT2D eigenvalue weighted by molar-refractivity contribution is 0.0530. The fraction of sp³-hybridized carbons (Fsp3) is 0.633.